The largest absolute Gasteiger partial charge is 0.492 e. The minimum Gasteiger partial charge on any atom is -0.492 e. The van der Waals surface area contributed by atoms with Gasteiger partial charge in [0.15, 0.2) is 0 Å². The maximum atomic E-state index is 11.4. The third-order valence-corrected chi connectivity index (χ3v) is 3.36. The zero-order valence-corrected chi connectivity index (χ0v) is 11.4. The maximum absolute atomic E-state index is 11.4. The van der Waals surface area contributed by atoms with E-state index in [2.05, 4.69) is 9.97 Å². The first kappa shape index (κ1) is 12.1. The molecule has 0 unspecified atom stereocenters. The van der Waals surface area contributed by atoms with Crippen molar-refractivity contribution in [3.8, 4) is 5.88 Å². The van der Waals surface area contributed by atoms with Gasteiger partial charge in [0.2, 0.25) is 5.88 Å². The van der Waals surface area contributed by atoms with Crippen molar-refractivity contribution < 1.29 is 5.11 Å². The molecule has 0 aliphatic rings. The summed E-state index contributed by atoms with van der Waals surface area (Å²) >= 11 is 1.76. The molecule has 0 amide bonds. The minimum absolute atomic E-state index is 0.212. The van der Waals surface area contributed by atoms with Crippen LogP contribution < -0.4 is 5.56 Å². The van der Waals surface area contributed by atoms with E-state index in [1.165, 1.54) is 5.56 Å². The van der Waals surface area contributed by atoms with Crippen LogP contribution in [0.2, 0.25) is 0 Å². The van der Waals surface area contributed by atoms with Crippen molar-refractivity contribution >= 4 is 22.6 Å². The van der Waals surface area contributed by atoms with Gasteiger partial charge in [-0.3, -0.25) is 4.79 Å². The van der Waals surface area contributed by atoms with E-state index in [4.69, 9.17) is 0 Å². The van der Waals surface area contributed by atoms with Gasteiger partial charge >= 0.3 is 0 Å². The Morgan fingerprint density at radius 1 is 1.35 bits per heavy atom. The summed E-state index contributed by atoms with van der Waals surface area (Å²) in [5.74, 6) is 0.258. The van der Waals surface area contributed by atoms with Crippen LogP contribution in [-0.2, 0) is 6.42 Å². The number of aromatic amines is 1. The number of hydrogen-bond acceptors (Lipinski definition) is 3. The summed E-state index contributed by atoms with van der Waals surface area (Å²) in [6, 6.07) is 7.95. The second-order valence-electron chi connectivity index (χ2n) is 3.81. The first-order chi connectivity index (χ1) is 8.06. The summed E-state index contributed by atoms with van der Waals surface area (Å²) < 4.78 is 0.218. The lowest BCUT2D eigenvalue weighted by atomic mass is 10.1. The highest BCUT2D eigenvalue weighted by Gasteiger charge is 2.07. The molecule has 0 spiro atoms. The van der Waals surface area contributed by atoms with Crippen LogP contribution in [0.5, 0.6) is 5.88 Å². The Balaban J connectivity index is 2.30. The Hall–Kier alpha value is -1.37. The number of nitrogens with zero attached hydrogens (tertiary/aromatic N) is 1. The molecule has 0 atom stereocenters. The van der Waals surface area contributed by atoms with E-state index < -0.39 is 0 Å². The Morgan fingerprint density at radius 2 is 2.00 bits per heavy atom. The zero-order chi connectivity index (χ0) is 12.4. The van der Waals surface area contributed by atoms with Crippen LogP contribution in [0, 0.1) is 10.5 Å². The molecule has 0 fully saturated rings. The minimum atomic E-state index is -0.305. The zero-order valence-electron chi connectivity index (χ0n) is 9.20. The van der Waals surface area contributed by atoms with Crippen LogP contribution in [0.3, 0.4) is 0 Å². The lowest BCUT2D eigenvalue weighted by Crippen LogP contribution is -2.14. The molecule has 1 aromatic heterocycles. The molecule has 0 saturated heterocycles. The van der Waals surface area contributed by atoms with Gasteiger partial charge in [-0.25, -0.2) is 0 Å². The molecule has 0 aliphatic heterocycles. The average Bonchev–Trinajstić information content (AvgIpc) is 2.29. The molecular formula is C12H11IN2O2. The van der Waals surface area contributed by atoms with Crippen LogP contribution in [0.4, 0.5) is 0 Å². The van der Waals surface area contributed by atoms with Crippen LogP contribution in [-0.4, -0.2) is 15.1 Å². The second-order valence-corrected chi connectivity index (χ2v) is 4.89. The van der Waals surface area contributed by atoms with Crippen molar-refractivity contribution in [3.63, 3.8) is 0 Å². The average molecular weight is 342 g/mol. The summed E-state index contributed by atoms with van der Waals surface area (Å²) in [5.41, 5.74) is 1.92. The molecule has 0 bridgehead atoms. The molecule has 1 heterocycles. The van der Waals surface area contributed by atoms with Crippen LogP contribution in [0.15, 0.2) is 29.1 Å². The van der Waals surface area contributed by atoms with E-state index >= 15 is 0 Å². The molecule has 0 aliphatic carbocycles. The summed E-state index contributed by atoms with van der Waals surface area (Å²) in [7, 11) is 0. The Morgan fingerprint density at radius 3 is 2.59 bits per heavy atom. The number of H-pyrrole nitrogens is 1. The van der Waals surface area contributed by atoms with Gasteiger partial charge in [-0.1, -0.05) is 29.8 Å². The highest BCUT2D eigenvalue weighted by atomic mass is 127. The molecule has 1 aromatic carbocycles. The van der Waals surface area contributed by atoms with E-state index in [1.807, 2.05) is 31.2 Å². The van der Waals surface area contributed by atoms with Gasteiger partial charge in [0.05, 0.1) is 0 Å². The number of nitrogens with one attached hydrogen (secondary N) is 1. The highest BCUT2D eigenvalue weighted by molar-refractivity contribution is 14.1. The number of aromatic hydroxyl groups is 1. The smallest absolute Gasteiger partial charge is 0.268 e. The molecule has 88 valence electrons. The quantitative estimate of drug-likeness (QED) is 0.821. The third kappa shape index (κ3) is 2.85. The molecule has 0 saturated carbocycles. The predicted octanol–water partition coefficient (Wildman–Crippen LogP) is 1.98. The molecular weight excluding hydrogens is 331 g/mol. The van der Waals surface area contributed by atoms with Crippen LogP contribution in [0.25, 0.3) is 0 Å². The Bertz CT molecular complexity index is 590. The molecule has 17 heavy (non-hydrogen) atoms. The molecule has 2 rings (SSSR count). The van der Waals surface area contributed by atoms with Gasteiger partial charge in [-0.2, -0.15) is 4.98 Å². The molecule has 2 aromatic rings. The lowest BCUT2D eigenvalue weighted by molar-refractivity contribution is 0.443. The van der Waals surface area contributed by atoms with Crippen molar-refractivity contribution in [2.45, 2.75) is 13.3 Å². The van der Waals surface area contributed by atoms with Gasteiger partial charge in [-0.05, 0) is 35.1 Å². The highest BCUT2D eigenvalue weighted by Crippen LogP contribution is 2.13. The molecule has 2 N–H and O–H groups in total. The number of aryl methyl sites for hydroxylation is 1. The topological polar surface area (TPSA) is 66.0 Å². The second kappa shape index (κ2) is 4.87. The van der Waals surface area contributed by atoms with E-state index in [1.54, 1.807) is 22.6 Å². The Labute approximate surface area is 112 Å². The standard InChI is InChI=1S/C12H11IN2O2/c1-7-2-4-8(5-3-7)6-9-14-11(16)10(13)12(17)15-9/h2-5H,6H2,1H3,(H2,14,15,16,17). The van der Waals surface area contributed by atoms with Gasteiger partial charge in [0.1, 0.15) is 9.39 Å². The Kier molecular flexibility index (Phi) is 3.46. The van der Waals surface area contributed by atoms with Crippen molar-refractivity contribution in [2.75, 3.05) is 0 Å². The van der Waals surface area contributed by atoms with Gasteiger partial charge in [0.25, 0.3) is 5.56 Å². The number of rotatable bonds is 2. The SMILES string of the molecule is Cc1ccc(Cc2nc(O)c(I)c(=O)[nH]2)cc1. The van der Waals surface area contributed by atoms with Gasteiger partial charge in [-0.15, -0.1) is 0 Å². The van der Waals surface area contributed by atoms with Crippen molar-refractivity contribution in [1.82, 2.24) is 9.97 Å². The first-order valence-corrected chi connectivity index (χ1v) is 6.17. The molecule has 0 radical (unpaired) electrons. The predicted molar refractivity (Wildman–Crippen MR) is 73.2 cm³/mol. The third-order valence-electron chi connectivity index (χ3n) is 2.39. The maximum Gasteiger partial charge on any atom is 0.268 e. The van der Waals surface area contributed by atoms with E-state index in [0.717, 1.165) is 5.56 Å². The summed E-state index contributed by atoms with van der Waals surface area (Å²) in [5, 5.41) is 9.46. The summed E-state index contributed by atoms with van der Waals surface area (Å²) in [6.45, 7) is 2.01. The fraction of sp³-hybridized carbons (Fsp3) is 0.167. The fourth-order valence-electron chi connectivity index (χ4n) is 1.48. The van der Waals surface area contributed by atoms with Crippen molar-refractivity contribution in [3.05, 3.63) is 55.1 Å². The number of aromatic nitrogens is 2. The van der Waals surface area contributed by atoms with Crippen LogP contribution >= 0.6 is 22.6 Å². The van der Waals surface area contributed by atoms with E-state index in [9.17, 15) is 9.90 Å². The number of halogens is 1. The normalized spacial score (nSPS) is 10.5. The molecule has 5 heteroatoms. The van der Waals surface area contributed by atoms with E-state index in [0.29, 0.717) is 12.2 Å². The summed E-state index contributed by atoms with van der Waals surface area (Å²) in [4.78, 5) is 18.0. The fourth-order valence-corrected chi connectivity index (χ4v) is 1.73. The van der Waals surface area contributed by atoms with Crippen molar-refractivity contribution in [2.24, 2.45) is 0 Å². The first-order valence-electron chi connectivity index (χ1n) is 5.09. The summed E-state index contributed by atoms with van der Waals surface area (Å²) in [6.07, 6.45) is 0.500. The van der Waals surface area contributed by atoms with Crippen LogP contribution in [0.1, 0.15) is 17.0 Å². The van der Waals surface area contributed by atoms with E-state index in [-0.39, 0.29) is 15.0 Å². The van der Waals surface area contributed by atoms with Crippen molar-refractivity contribution in [1.29, 1.82) is 0 Å². The monoisotopic (exact) mass is 342 g/mol. The number of hydrogen-bond donors (Lipinski definition) is 2. The van der Waals surface area contributed by atoms with Gasteiger partial charge < -0.3 is 10.1 Å². The van der Waals surface area contributed by atoms with Gasteiger partial charge in [0, 0.05) is 6.42 Å². The lowest BCUT2D eigenvalue weighted by Gasteiger charge is -2.03. The molecule has 4 nitrogen and oxygen atoms in total. The number of benzene rings is 1.